The summed E-state index contributed by atoms with van der Waals surface area (Å²) in [5.74, 6) is -0.364. The molecule has 204 valence electrons. The largest absolute Gasteiger partial charge is 0.508 e. The van der Waals surface area contributed by atoms with Gasteiger partial charge in [-0.3, -0.25) is 9.59 Å². The fourth-order valence-electron chi connectivity index (χ4n) is 3.84. The summed E-state index contributed by atoms with van der Waals surface area (Å²) in [5.41, 5.74) is 0.527. The number of aryl methyl sites for hydroxylation is 1. The standard InChI is InChI=1S/C28H47N3O5/c1-9-11-15-29-25(33)24(21-13-14-23(32)20(5)18-21)31(16-12-10-2)26(34)22(17-19(3)4)30-27(35)36-28(6,7)8/h13-14,18-19,22,24,32H,9-12,15-17H2,1-8H3,(H,29,33)(H,30,35). The highest BCUT2D eigenvalue weighted by atomic mass is 16.6. The molecule has 3 amide bonds. The van der Waals surface area contributed by atoms with Crippen LogP contribution in [0, 0.1) is 12.8 Å². The first kappa shape index (κ1) is 31.3. The SMILES string of the molecule is CCCCNC(=O)C(c1ccc(O)c(C)c1)N(CCCC)C(=O)C(CC(C)C)NC(=O)OC(C)(C)C. The van der Waals surface area contributed by atoms with Gasteiger partial charge in [0.15, 0.2) is 0 Å². The Kier molecular flexibility index (Phi) is 12.8. The zero-order valence-corrected chi connectivity index (χ0v) is 23.4. The Bertz CT molecular complexity index is 863. The third-order valence-electron chi connectivity index (χ3n) is 5.66. The molecule has 0 aliphatic heterocycles. The van der Waals surface area contributed by atoms with E-state index < -0.39 is 23.8 Å². The zero-order valence-electron chi connectivity index (χ0n) is 23.4. The highest BCUT2D eigenvalue weighted by Crippen LogP contribution is 2.28. The van der Waals surface area contributed by atoms with E-state index in [4.69, 9.17) is 4.74 Å². The number of nitrogens with one attached hydrogen (secondary N) is 2. The Labute approximate surface area is 217 Å². The molecule has 1 rings (SSSR count). The van der Waals surface area contributed by atoms with Gasteiger partial charge in [0.2, 0.25) is 11.8 Å². The average molecular weight is 506 g/mol. The number of carbonyl (C=O) groups is 3. The smallest absolute Gasteiger partial charge is 0.408 e. The summed E-state index contributed by atoms with van der Waals surface area (Å²) in [4.78, 5) is 41.7. The van der Waals surface area contributed by atoms with E-state index in [1.54, 1.807) is 50.8 Å². The molecule has 0 bridgehead atoms. The van der Waals surface area contributed by atoms with E-state index in [0.29, 0.717) is 37.1 Å². The van der Waals surface area contributed by atoms with Gasteiger partial charge in [0.05, 0.1) is 0 Å². The third-order valence-corrected chi connectivity index (χ3v) is 5.66. The minimum atomic E-state index is -0.893. The van der Waals surface area contributed by atoms with Crippen molar-refractivity contribution in [3.8, 4) is 5.75 Å². The predicted octanol–water partition coefficient (Wildman–Crippen LogP) is 5.23. The lowest BCUT2D eigenvalue weighted by Gasteiger charge is -2.35. The van der Waals surface area contributed by atoms with E-state index in [2.05, 4.69) is 10.6 Å². The van der Waals surface area contributed by atoms with Crippen molar-refractivity contribution < 1.29 is 24.2 Å². The maximum Gasteiger partial charge on any atom is 0.408 e. The Morgan fingerprint density at radius 3 is 2.25 bits per heavy atom. The number of unbranched alkanes of at least 4 members (excludes halogenated alkanes) is 2. The Hall–Kier alpha value is -2.77. The van der Waals surface area contributed by atoms with Gasteiger partial charge >= 0.3 is 6.09 Å². The molecule has 1 aromatic rings. The van der Waals surface area contributed by atoms with Crippen LogP contribution in [0.1, 0.15) is 97.7 Å². The van der Waals surface area contributed by atoms with E-state index in [0.717, 1.165) is 19.3 Å². The number of aromatic hydroxyl groups is 1. The summed E-state index contributed by atoms with van der Waals surface area (Å²) in [5, 5.41) is 15.8. The van der Waals surface area contributed by atoms with Crippen molar-refractivity contribution in [2.45, 2.75) is 105 Å². The number of rotatable bonds is 13. The molecule has 2 atom stereocenters. The first-order valence-electron chi connectivity index (χ1n) is 13.2. The predicted molar refractivity (Wildman–Crippen MR) is 143 cm³/mol. The molecular weight excluding hydrogens is 458 g/mol. The fourth-order valence-corrected chi connectivity index (χ4v) is 3.84. The van der Waals surface area contributed by atoms with Crippen LogP contribution >= 0.6 is 0 Å². The molecule has 0 saturated carbocycles. The van der Waals surface area contributed by atoms with Crippen LogP contribution < -0.4 is 10.6 Å². The quantitative estimate of drug-likeness (QED) is 0.318. The normalized spacial score (nSPS) is 13.1. The minimum absolute atomic E-state index is 0.120. The molecule has 0 heterocycles. The van der Waals surface area contributed by atoms with Crippen LogP contribution in [-0.2, 0) is 14.3 Å². The lowest BCUT2D eigenvalue weighted by atomic mass is 9.97. The third kappa shape index (κ3) is 10.5. The molecular formula is C28H47N3O5. The van der Waals surface area contributed by atoms with Gasteiger partial charge in [0, 0.05) is 13.1 Å². The number of hydrogen-bond acceptors (Lipinski definition) is 5. The van der Waals surface area contributed by atoms with E-state index >= 15 is 0 Å². The van der Waals surface area contributed by atoms with Crippen LogP contribution in [0.2, 0.25) is 0 Å². The van der Waals surface area contributed by atoms with Gasteiger partial charge in [-0.2, -0.15) is 0 Å². The molecule has 0 aromatic heterocycles. The number of hydrogen-bond donors (Lipinski definition) is 3. The van der Waals surface area contributed by atoms with Crippen molar-refractivity contribution in [3.05, 3.63) is 29.3 Å². The molecule has 8 heteroatoms. The van der Waals surface area contributed by atoms with E-state index in [9.17, 15) is 19.5 Å². The second-order valence-corrected chi connectivity index (χ2v) is 10.8. The summed E-state index contributed by atoms with van der Waals surface area (Å²) >= 11 is 0. The molecule has 1 aromatic carbocycles. The molecule has 0 fully saturated rings. The zero-order chi connectivity index (χ0) is 27.5. The van der Waals surface area contributed by atoms with Gasteiger partial charge < -0.3 is 25.4 Å². The van der Waals surface area contributed by atoms with Crippen LogP contribution in [0.15, 0.2) is 18.2 Å². The first-order chi connectivity index (χ1) is 16.8. The van der Waals surface area contributed by atoms with Crippen molar-refractivity contribution >= 4 is 17.9 Å². The highest BCUT2D eigenvalue weighted by Gasteiger charge is 2.36. The monoisotopic (exact) mass is 505 g/mol. The van der Waals surface area contributed by atoms with Crippen molar-refractivity contribution in [2.75, 3.05) is 13.1 Å². The van der Waals surface area contributed by atoms with Crippen LogP contribution in [0.5, 0.6) is 5.75 Å². The Morgan fingerprint density at radius 2 is 1.72 bits per heavy atom. The number of phenolic OH excluding ortho intramolecular Hbond substituents is 1. The van der Waals surface area contributed by atoms with Gasteiger partial charge in [-0.25, -0.2) is 4.79 Å². The van der Waals surface area contributed by atoms with Crippen LogP contribution in [0.25, 0.3) is 0 Å². The minimum Gasteiger partial charge on any atom is -0.508 e. The molecule has 0 aliphatic rings. The van der Waals surface area contributed by atoms with E-state index in [1.165, 1.54) is 0 Å². The molecule has 0 saturated heterocycles. The summed E-state index contributed by atoms with van der Waals surface area (Å²) in [7, 11) is 0. The molecule has 36 heavy (non-hydrogen) atoms. The van der Waals surface area contributed by atoms with Gasteiger partial charge in [0.25, 0.3) is 0 Å². The van der Waals surface area contributed by atoms with Gasteiger partial charge in [-0.15, -0.1) is 0 Å². The van der Waals surface area contributed by atoms with Crippen molar-refractivity contribution in [1.29, 1.82) is 0 Å². The highest BCUT2D eigenvalue weighted by molar-refractivity contribution is 5.92. The Balaban J connectivity index is 3.46. The van der Waals surface area contributed by atoms with Crippen molar-refractivity contribution in [3.63, 3.8) is 0 Å². The summed E-state index contributed by atoms with van der Waals surface area (Å²) in [6, 6.07) is 3.22. The van der Waals surface area contributed by atoms with Crippen molar-refractivity contribution in [2.24, 2.45) is 5.92 Å². The number of alkyl carbamates (subject to hydrolysis) is 1. The number of benzene rings is 1. The van der Waals surface area contributed by atoms with Crippen molar-refractivity contribution in [1.82, 2.24) is 15.5 Å². The van der Waals surface area contributed by atoms with Crippen LogP contribution in [-0.4, -0.2) is 52.6 Å². The maximum absolute atomic E-state index is 14.0. The Morgan fingerprint density at radius 1 is 1.08 bits per heavy atom. The van der Waals surface area contributed by atoms with Gasteiger partial charge in [-0.05, 0) is 76.1 Å². The molecule has 0 spiro atoms. The molecule has 2 unspecified atom stereocenters. The molecule has 3 N–H and O–H groups in total. The summed E-state index contributed by atoms with van der Waals surface area (Å²) in [6.07, 6.45) is 3.02. The average Bonchev–Trinajstić information content (AvgIpc) is 2.76. The van der Waals surface area contributed by atoms with Gasteiger partial charge in [-0.1, -0.05) is 46.6 Å². The number of ether oxygens (including phenoxy) is 1. The first-order valence-corrected chi connectivity index (χ1v) is 13.2. The lowest BCUT2D eigenvalue weighted by molar-refractivity contribution is -0.142. The number of phenols is 1. The topological polar surface area (TPSA) is 108 Å². The van der Waals surface area contributed by atoms with Crippen LogP contribution in [0.4, 0.5) is 4.79 Å². The van der Waals surface area contributed by atoms with Gasteiger partial charge in [0.1, 0.15) is 23.4 Å². The second kappa shape index (κ2) is 14.7. The lowest BCUT2D eigenvalue weighted by Crippen LogP contribution is -2.53. The molecule has 0 radical (unpaired) electrons. The van der Waals surface area contributed by atoms with Crippen LogP contribution in [0.3, 0.4) is 0 Å². The molecule has 0 aliphatic carbocycles. The summed E-state index contributed by atoms with van der Waals surface area (Å²) < 4.78 is 5.42. The fraction of sp³-hybridized carbons (Fsp3) is 0.679. The number of carbonyl (C=O) groups excluding carboxylic acids is 3. The second-order valence-electron chi connectivity index (χ2n) is 10.8. The maximum atomic E-state index is 14.0. The number of nitrogens with zero attached hydrogens (tertiary/aromatic N) is 1. The van der Waals surface area contributed by atoms with E-state index in [1.807, 2.05) is 27.7 Å². The molecule has 8 nitrogen and oxygen atoms in total. The number of amides is 3. The summed E-state index contributed by atoms with van der Waals surface area (Å²) in [6.45, 7) is 15.9. The van der Waals surface area contributed by atoms with E-state index in [-0.39, 0.29) is 23.5 Å².